The van der Waals surface area contributed by atoms with Crippen LogP contribution in [-0.2, 0) is 15.8 Å². The number of anilines is 1. The second-order valence-electron chi connectivity index (χ2n) is 5.47. The first-order valence-electron chi connectivity index (χ1n) is 7.38. The molecule has 0 fully saturated rings. The van der Waals surface area contributed by atoms with E-state index in [2.05, 4.69) is 9.88 Å². The highest BCUT2D eigenvalue weighted by Gasteiger charge is 2.19. The zero-order valence-corrected chi connectivity index (χ0v) is 13.6. The fourth-order valence-electron chi connectivity index (χ4n) is 2.56. The second-order valence-corrected chi connectivity index (χ2v) is 7.19. The van der Waals surface area contributed by atoms with Crippen LogP contribution in [0.2, 0.25) is 0 Å². The molecule has 0 saturated carbocycles. The van der Waals surface area contributed by atoms with Crippen molar-refractivity contribution in [3.8, 4) is 0 Å². The monoisotopic (exact) mass is 356 g/mol. The first-order chi connectivity index (χ1) is 12.0. The van der Waals surface area contributed by atoms with Crippen molar-refractivity contribution in [2.24, 2.45) is 0 Å². The molecule has 2 aromatic heterocycles. The number of rotatable bonds is 4. The highest BCUT2D eigenvalue weighted by molar-refractivity contribution is 7.91. The van der Waals surface area contributed by atoms with Crippen molar-refractivity contribution in [1.29, 1.82) is 0 Å². The van der Waals surface area contributed by atoms with E-state index >= 15 is 0 Å². The zero-order valence-electron chi connectivity index (χ0n) is 12.8. The Morgan fingerprint density at radius 3 is 2.56 bits per heavy atom. The Bertz CT molecular complexity index is 1240. The maximum atomic E-state index is 12.4. The van der Waals surface area contributed by atoms with Crippen LogP contribution in [0.4, 0.5) is 5.69 Å². The number of aromatic nitrogens is 1. The summed E-state index contributed by atoms with van der Waals surface area (Å²) in [4.78, 5) is 12.0. The van der Waals surface area contributed by atoms with Crippen LogP contribution in [-0.4, -0.2) is 13.6 Å². The molecular formula is C17H12N2O5S. The number of fused-ring (bicyclic) bond motifs is 2. The Labute approximate surface area is 141 Å². The van der Waals surface area contributed by atoms with Crippen molar-refractivity contribution in [1.82, 2.24) is 5.16 Å². The number of para-hydroxylation sites is 2. The van der Waals surface area contributed by atoms with Gasteiger partial charge in [-0.05, 0) is 24.3 Å². The first-order valence-corrected chi connectivity index (χ1v) is 9.04. The van der Waals surface area contributed by atoms with Gasteiger partial charge in [0.25, 0.3) is 0 Å². The molecule has 8 heteroatoms. The lowest BCUT2D eigenvalue weighted by Gasteiger charge is -2.06. The predicted molar refractivity (Wildman–Crippen MR) is 92.7 cm³/mol. The summed E-state index contributed by atoms with van der Waals surface area (Å²) < 4.78 is 37.3. The maximum Gasteiger partial charge on any atom is 0.360 e. The zero-order chi connectivity index (χ0) is 17.4. The molecule has 0 bridgehead atoms. The van der Waals surface area contributed by atoms with Crippen LogP contribution < -0.4 is 10.3 Å². The van der Waals surface area contributed by atoms with E-state index in [1.54, 1.807) is 48.5 Å². The Morgan fingerprint density at radius 1 is 1.00 bits per heavy atom. The lowest BCUT2D eigenvalue weighted by Crippen LogP contribution is -2.20. The fraction of sp³-hybridized carbons (Fsp3) is 0.0588. The third kappa shape index (κ3) is 2.99. The van der Waals surface area contributed by atoms with Crippen LogP contribution in [0.5, 0.6) is 0 Å². The van der Waals surface area contributed by atoms with Gasteiger partial charge >= 0.3 is 5.63 Å². The summed E-state index contributed by atoms with van der Waals surface area (Å²) in [6, 6.07) is 15.3. The normalized spacial score (nSPS) is 11.8. The fourth-order valence-corrected chi connectivity index (χ4v) is 3.68. The van der Waals surface area contributed by atoms with E-state index < -0.39 is 21.4 Å². The van der Waals surface area contributed by atoms with Crippen molar-refractivity contribution in [2.75, 3.05) is 4.72 Å². The predicted octanol–water partition coefficient (Wildman–Crippen LogP) is 2.88. The quantitative estimate of drug-likeness (QED) is 0.564. The summed E-state index contributed by atoms with van der Waals surface area (Å²) in [5.41, 5.74) is 0.253. The molecule has 0 amide bonds. The topological polar surface area (TPSA) is 102 Å². The summed E-state index contributed by atoms with van der Waals surface area (Å²) in [7, 11) is -3.87. The molecule has 0 spiro atoms. The average Bonchev–Trinajstić information content (AvgIpc) is 2.98. The molecule has 0 aliphatic heterocycles. The minimum atomic E-state index is -3.87. The van der Waals surface area contributed by atoms with Crippen molar-refractivity contribution in [3.05, 3.63) is 70.7 Å². The summed E-state index contributed by atoms with van der Waals surface area (Å²) in [6.07, 6.45) is 0. The van der Waals surface area contributed by atoms with Crippen molar-refractivity contribution < 1.29 is 17.4 Å². The molecule has 0 radical (unpaired) electrons. The standard InChI is InChI=1S/C17H12N2O5S/c20-17-13(9-11-5-1-3-7-15(11)23-17)19-25(21,22)10-14-12-6-2-4-8-16(12)24-18-14/h1-9,19H,10H2. The van der Waals surface area contributed by atoms with Gasteiger partial charge in [0.1, 0.15) is 22.7 Å². The van der Waals surface area contributed by atoms with Gasteiger partial charge in [-0.1, -0.05) is 35.5 Å². The Morgan fingerprint density at radius 2 is 1.72 bits per heavy atom. The molecule has 2 aromatic carbocycles. The number of nitrogens with zero attached hydrogens (tertiary/aromatic N) is 1. The van der Waals surface area contributed by atoms with Crippen molar-refractivity contribution in [2.45, 2.75) is 5.75 Å². The van der Waals surface area contributed by atoms with Crippen LogP contribution >= 0.6 is 0 Å². The van der Waals surface area contributed by atoms with Gasteiger partial charge in [-0.25, -0.2) is 13.2 Å². The number of benzene rings is 2. The Hall–Kier alpha value is -3.13. The van der Waals surface area contributed by atoms with E-state index in [9.17, 15) is 13.2 Å². The Balaban J connectivity index is 1.67. The third-order valence-electron chi connectivity index (χ3n) is 3.69. The minimum Gasteiger partial charge on any atom is -0.421 e. The van der Waals surface area contributed by atoms with Gasteiger partial charge < -0.3 is 8.94 Å². The van der Waals surface area contributed by atoms with Gasteiger partial charge in [-0.15, -0.1) is 0 Å². The van der Waals surface area contributed by atoms with E-state index in [0.29, 0.717) is 21.9 Å². The van der Waals surface area contributed by atoms with Crippen LogP contribution in [0.3, 0.4) is 0 Å². The van der Waals surface area contributed by atoms with Crippen molar-refractivity contribution in [3.63, 3.8) is 0 Å². The SMILES string of the molecule is O=c1oc2ccccc2cc1NS(=O)(=O)Cc1noc2ccccc12. The number of sulfonamides is 1. The largest absolute Gasteiger partial charge is 0.421 e. The third-order valence-corrected chi connectivity index (χ3v) is 4.87. The molecule has 0 aliphatic carbocycles. The molecule has 0 atom stereocenters. The van der Waals surface area contributed by atoms with Crippen molar-refractivity contribution >= 4 is 37.6 Å². The van der Waals surface area contributed by atoms with E-state index in [0.717, 1.165) is 0 Å². The van der Waals surface area contributed by atoms with E-state index in [1.807, 2.05) is 0 Å². The molecule has 4 aromatic rings. The van der Waals surface area contributed by atoms with E-state index in [-0.39, 0.29) is 11.4 Å². The molecule has 126 valence electrons. The molecule has 25 heavy (non-hydrogen) atoms. The average molecular weight is 356 g/mol. The molecule has 2 heterocycles. The van der Waals surface area contributed by atoms with Gasteiger partial charge in [-0.3, -0.25) is 4.72 Å². The number of hydrogen-bond acceptors (Lipinski definition) is 6. The molecule has 0 unspecified atom stereocenters. The van der Waals surface area contributed by atoms with Gasteiger partial charge in [0.05, 0.1) is 0 Å². The summed E-state index contributed by atoms with van der Waals surface area (Å²) in [5, 5.41) is 5.03. The molecular weight excluding hydrogens is 344 g/mol. The summed E-state index contributed by atoms with van der Waals surface area (Å²) in [6.45, 7) is 0. The highest BCUT2D eigenvalue weighted by Crippen LogP contribution is 2.21. The summed E-state index contributed by atoms with van der Waals surface area (Å²) in [5.74, 6) is -0.420. The van der Waals surface area contributed by atoms with E-state index in [4.69, 9.17) is 8.94 Å². The van der Waals surface area contributed by atoms with Crippen LogP contribution in [0.25, 0.3) is 21.9 Å². The number of nitrogens with one attached hydrogen (secondary N) is 1. The molecule has 0 aliphatic rings. The lowest BCUT2D eigenvalue weighted by molar-refractivity contribution is 0.448. The van der Waals surface area contributed by atoms with Crippen LogP contribution in [0, 0.1) is 0 Å². The smallest absolute Gasteiger partial charge is 0.360 e. The maximum absolute atomic E-state index is 12.4. The molecule has 0 saturated heterocycles. The molecule has 4 rings (SSSR count). The first kappa shape index (κ1) is 15.4. The van der Waals surface area contributed by atoms with Gasteiger partial charge in [-0.2, -0.15) is 0 Å². The summed E-state index contributed by atoms with van der Waals surface area (Å²) >= 11 is 0. The lowest BCUT2D eigenvalue weighted by atomic mass is 10.2. The van der Waals surface area contributed by atoms with Gasteiger partial charge in [0.2, 0.25) is 10.0 Å². The molecule has 7 nitrogen and oxygen atoms in total. The van der Waals surface area contributed by atoms with Gasteiger partial charge in [0.15, 0.2) is 5.58 Å². The van der Waals surface area contributed by atoms with E-state index in [1.165, 1.54) is 6.07 Å². The Kier molecular flexibility index (Phi) is 3.54. The van der Waals surface area contributed by atoms with Gasteiger partial charge in [0, 0.05) is 10.8 Å². The van der Waals surface area contributed by atoms with Crippen LogP contribution in [0.1, 0.15) is 5.69 Å². The number of hydrogen-bond donors (Lipinski definition) is 1. The highest BCUT2D eigenvalue weighted by atomic mass is 32.2. The minimum absolute atomic E-state index is 0.147. The van der Waals surface area contributed by atoms with Crippen LogP contribution in [0.15, 0.2) is 68.3 Å². The second kappa shape index (κ2) is 5.75. The molecule has 1 N–H and O–H groups in total.